The molecule has 0 aliphatic carbocycles. The van der Waals surface area contributed by atoms with Gasteiger partial charge in [-0.25, -0.2) is 9.37 Å². The van der Waals surface area contributed by atoms with Gasteiger partial charge in [0.05, 0.1) is 10.9 Å². The van der Waals surface area contributed by atoms with Gasteiger partial charge in [-0.1, -0.05) is 24.5 Å². The summed E-state index contributed by atoms with van der Waals surface area (Å²) in [6.45, 7) is 7.56. The fourth-order valence-corrected chi connectivity index (χ4v) is 6.88. The van der Waals surface area contributed by atoms with Crippen LogP contribution in [0.4, 0.5) is 18.9 Å². The lowest BCUT2D eigenvalue weighted by atomic mass is 9.85. The van der Waals surface area contributed by atoms with Gasteiger partial charge in [-0.3, -0.25) is 14.1 Å². The van der Waals surface area contributed by atoms with Crippen molar-refractivity contribution in [3.05, 3.63) is 53.6 Å². The van der Waals surface area contributed by atoms with E-state index in [-0.39, 0.29) is 16.7 Å². The molecule has 190 valence electrons. The van der Waals surface area contributed by atoms with Crippen LogP contribution in [-0.2, 0) is 16.2 Å². The molecule has 2 aliphatic rings. The number of hydrogen-bond acceptors (Lipinski definition) is 6. The Morgan fingerprint density at radius 1 is 1.23 bits per heavy atom. The maximum atomic E-state index is 15.0. The monoisotopic (exact) mass is 509 g/mol. The van der Waals surface area contributed by atoms with E-state index in [1.54, 1.807) is 6.07 Å². The normalized spacial score (nSPS) is 24.4. The van der Waals surface area contributed by atoms with Crippen molar-refractivity contribution < 1.29 is 22.7 Å². The van der Waals surface area contributed by atoms with E-state index < -0.39 is 39.3 Å². The SMILES string of the molecule is CC.CC1(C)C(N)=N[C@](C)(c2cc(NC(=O)c3ccc(OC(F)F)cn3)ccc2F)[C@@H]2CCN=S21. The van der Waals surface area contributed by atoms with E-state index in [0.717, 1.165) is 12.6 Å². The van der Waals surface area contributed by atoms with Gasteiger partial charge in [0.1, 0.15) is 28.6 Å². The van der Waals surface area contributed by atoms with Crippen molar-refractivity contribution in [1.82, 2.24) is 4.98 Å². The van der Waals surface area contributed by atoms with Crippen LogP contribution in [0.1, 0.15) is 57.1 Å². The number of ether oxygens (including phenoxy) is 1. The lowest BCUT2D eigenvalue weighted by Gasteiger charge is -2.44. The van der Waals surface area contributed by atoms with E-state index in [4.69, 9.17) is 15.1 Å². The minimum absolute atomic E-state index is 0.00785. The van der Waals surface area contributed by atoms with Crippen LogP contribution >= 0.6 is 0 Å². The predicted octanol–water partition coefficient (Wildman–Crippen LogP) is 5.04. The first-order valence-electron chi connectivity index (χ1n) is 11.3. The second-order valence-electron chi connectivity index (χ2n) is 8.51. The maximum absolute atomic E-state index is 15.0. The summed E-state index contributed by atoms with van der Waals surface area (Å²) in [6, 6.07) is 6.75. The second kappa shape index (κ2) is 10.3. The molecule has 0 bridgehead atoms. The number of fused-ring (bicyclic) bond motifs is 1. The molecule has 0 spiro atoms. The van der Waals surface area contributed by atoms with Crippen molar-refractivity contribution >= 4 is 28.1 Å². The number of hydrogen-bond donors (Lipinski definition) is 2. The van der Waals surface area contributed by atoms with Crippen LogP contribution in [0, 0.1) is 5.82 Å². The Balaban J connectivity index is 0.00000167. The van der Waals surface area contributed by atoms with Crippen LogP contribution in [0.15, 0.2) is 45.9 Å². The summed E-state index contributed by atoms with van der Waals surface area (Å²) in [5, 5.41) is 2.66. The van der Waals surface area contributed by atoms with Crippen LogP contribution in [0.3, 0.4) is 0 Å². The number of aromatic nitrogens is 1. The molecule has 4 rings (SSSR count). The lowest BCUT2D eigenvalue weighted by Crippen LogP contribution is -2.55. The topological polar surface area (TPSA) is 102 Å². The van der Waals surface area contributed by atoms with Crippen molar-refractivity contribution in [2.75, 3.05) is 11.9 Å². The number of rotatable bonds is 5. The minimum atomic E-state index is -2.99. The zero-order chi connectivity index (χ0) is 26.0. The molecule has 3 N–H and O–H groups in total. The van der Waals surface area contributed by atoms with Crippen molar-refractivity contribution in [2.24, 2.45) is 15.1 Å². The highest BCUT2D eigenvalue weighted by molar-refractivity contribution is 7.90. The van der Waals surface area contributed by atoms with Crippen LogP contribution in [0.2, 0.25) is 0 Å². The Labute approximate surface area is 205 Å². The second-order valence-corrected chi connectivity index (χ2v) is 11.0. The van der Waals surface area contributed by atoms with E-state index in [0.29, 0.717) is 23.6 Å². The molecule has 7 nitrogen and oxygen atoms in total. The average molecular weight is 510 g/mol. The molecule has 1 unspecified atom stereocenters. The van der Waals surface area contributed by atoms with Crippen molar-refractivity contribution in [1.29, 1.82) is 0 Å². The Morgan fingerprint density at radius 3 is 2.57 bits per heavy atom. The van der Waals surface area contributed by atoms with E-state index in [1.165, 1.54) is 24.3 Å². The number of carbonyl (C=O) groups excluding carboxylic acids is 1. The molecule has 35 heavy (non-hydrogen) atoms. The fraction of sp³-hybridized carbons (Fsp3) is 0.458. The largest absolute Gasteiger partial charge is 0.433 e. The molecule has 11 heteroatoms. The Kier molecular flexibility index (Phi) is 7.88. The number of aliphatic imine (C=N–C) groups is 1. The van der Waals surface area contributed by atoms with Gasteiger partial charge >= 0.3 is 6.61 Å². The van der Waals surface area contributed by atoms with Gasteiger partial charge in [0.2, 0.25) is 0 Å². The first kappa shape index (κ1) is 26.7. The molecular weight excluding hydrogens is 479 g/mol. The third-order valence-electron chi connectivity index (χ3n) is 5.97. The number of nitrogens with two attached hydrogens (primary N) is 1. The van der Waals surface area contributed by atoms with E-state index in [9.17, 15) is 13.6 Å². The summed E-state index contributed by atoms with van der Waals surface area (Å²) in [5.74, 6) is -0.760. The third kappa shape index (κ3) is 5.19. The molecule has 3 atom stereocenters. The zero-order valence-corrected chi connectivity index (χ0v) is 21.1. The number of amidine groups is 1. The number of nitrogens with zero attached hydrogens (tertiary/aromatic N) is 3. The molecule has 0 fully saturated rings. The van der Waals surface area contributed by atoms with Crippen LogP contribution < -0.4 is 15.8 Å². The number of nitrogens with one attached hydrogen (secondary N) is 1. The molecule has 2 aromatic rings. The van der Waals surface area contributed by atoms with Crippen molar-refractivity contribution in [3.63, 3.8) is 0 Å². The van der Waals surface area contributed by atoms with Gasteiger partial charge in [-0.15, -0.1) is 0 Å². The molecule has 1 amide bonds. The van der Waals surface area contributed by atoms with E-state index in [1.807, 2.05) is 34.6 Å². The lowest BCUT2D eigenvalue weighted by molar-refractivity contribution is -0.0500. The first-order valence-corrected chi connectivity index (χ1v) is 12.6. The summed E-state index contributed by atoms with van der Waals surface area (Å²) < 4.78 is 48.2. The summed E-state index contributed by atoms with van der Waals surface area (Å²) in [4.78, 5) is 21.2. The highest BCUT2D eigenvalue weighted by Gasteiger charge is 2.51. The number of pyridine rings is 1. The average Bonchev–Trinajstić information content (AvgIpc) is 3.33. The van der Waals surface area contributed by atoms with Gasteiger partial charge in [0, 0.05) is 23.0 Å². The van der Waals surface area contributed by atoms with Crippen molar-refractivity contribution in [2.45, 2.75) is 63.2 Å². The summed E-state index contributed by atoms with van der Waals surface area (Å²) >= 11 is 0. The van der Waals surface area contributed by atoms with Crippen LogP contribution in [0.25, 0.3) is 0 Å². The number of halogens is 3. The highest BCUT2D eigenvalue weighted by Crippen LogP contribution is 2.46. The number of alkyl halides is 2. The van der Waals surface area contributed by atoms with Crippen LogP contribution in [-0.4, -0.2) is 39.9 Å². The van der Waals surface area contributed by atoms with Crippen molar-refractivity contribution in [3.8, 4) is 5.75 Å². The molecular formula is C24H30F3N5O2S. The summed E-state index contributed by atoms with van der Waals surface area (Å²) in [7, 11) is -0.418. The number of amides is 1. The molecule has 0 radical (unpaired) electrons. The smallest absolute Gasteiger partial charge is 0.387 e. The standard InChI is InChI=1S/C22H24F3N5O2S.C2H6/c1-21(2)19(26)30-22(3,17-8-9-28-33(17)21)14-10-12(4-6-15(14)23)29-18(31)16-7-5-13(11-27-16)32-20(24)25;1-2/h4-7,10-11,17,20H,8-9H2,1-3H3,(H2,26,30)(H,29,31);1-2H3/t17-,22+,33?;/m0./s1. The third-order valence-corrected chi connectivity index (χ3v) is 8.92. The molecule has 1 aromatic heterocycles. The maximum Gasteiger partial charge on any atom is 0.387 e. The Morgan fingerprint density at radius 2 is 1.94 bits per heavy atom. The van der Waals surface area contributed by atoms with Gasteiger partial charge in [-0.2, -0.15) is 8.78 Å². The summed E-state index contributed by atoms with van der Waals surface area (Å²) in [5.41, 5.74) is 6.04. The predicted molar refractivity (Wildman–Crippen MR) is 133 cm³/mol. The Hall–Kier alpha value is -2.95. The molecule has 3 heterocycles. The molecule has 0 saturated carbocycles. The first-order chi connectivity index (χ1) is 16.5. The highest BCUT2D eigenvalue weighted by atomic mass is 32.2. The van der Waals surface area contributed by atoms with Crippen LogP contribution in [0.5, 0.6) is 5.75 Å². The quantitative estimate of drug-likeness (QED) is 0.590. The number of benzene rings is 1. The molecule has 0 saturated heterocycles. The molecule has 2 aliphatic heterocycles. The number of carbonyl (C=O) groups is 1. The Bertz CT molecular complexity index is 1150. The fourth-order valence-electron chi connectivity index (χ4n) is 4.16. The van der Waals surface area contributed by atoms with Gasteiger partial charge in [0.25, 0.3) is 5.91 Å². The molecule has 1 aromatic carbocycles. The summed E-state index contributed by atoms with van der Waals surface area (Å²) in [6.07, 6.45) is 1.80. The van der Waals surface area contributed by atoms with Gasteiger partial charge in [-0.05, 0) is 57.5 Å². The zero-order valence-electron chi connectivity index (χ0n) is 20.3. The van der Waals surface area contributed by atoms with Gasteiger partial charge < -0.3 is 15.8 Å². The minimum Gasteiger partial charge on any atom is -0.433 e. The number of anilines is 1. The van der Waals surface area contributed by atoms with E-state index in [2.05, 4.69) is 15.0 Å². The van der Waals surface area contributed by atoms with E-state index >= 15 is 4.39 Å². The van der Waals surface area contributed by atoms with Gasteiger partial charge in [0.15, 0.2) is 0 Å².